The average molecular weight is 165 g/mol. The Morgan fingerprint density at radius 3 is 2.75 bits per heavy atom. The van der Waals surface area contributed by atoms with E-state index in [-0.39, 0.29) is 6.10 Å². The van der Waals surface area contributed by atoms with E-state index in [9.17, 15) is 5.11 Å². The Morgan fingerprint density at radius 2 is 2.33 bits per heavy atom. The summed E-state index contributed by atoms with van der Waals surface area (Å²) in [5.41, 5.74) is 1.29. The molecule has 2 unspecified atom stereocenters. The Kier molecular flexibility index (Phi) is 1.55. The number of H-pyrrole nitrogens is 1. The van der Waals surface area contributed by atoms with E-state index in [1.165, 1.54) is 0 Å². The third-order valence-electron chi connectivity index (χ3n) is 2.91. The van der Waals surface area contributed by atoms with Crippen LogP contribution in [-0.2, 0) is 0 Å². The van der Waals surface area contributed by atoms with Crippen LogP contribution in [0.1, 0.15) is 32.1 Å². The minimum Gasteiger partial charge on any atom is -0.387 e. The summed E-state index contributed by atoms with van der Waals surface area (Å²) in [7, 11) is 0. The molecule has 0 spiro atoms. The summed E-state index contributed by atoms with van der Waals surface area (Å²) >= 11 is 0. The summed E-state index contributed by atoms with van der Waals surface area (Å²) in [4.78, 5) is 3.05. The van der Waals surface area contributed by atoms with Crippen LogP contribution >= 0.6 is 0 Å². The van der Waals surface area contributed by atoms with Crippen molar-refractivity contribution in [2.75, 3.05) is 0 Å². The normalized spacial score (nSPS) is 28.4. The molecular formula is C10H15NO. The molecule has 1 aromatic rings. The van der Waals surface area contributed by atoms with Gasteiger partial charge in [-0.25, -0.2) is 0 Å². The zero-order chi connectivity index (χ0) is 8.77. The standard InChI is InChI=1S/C10H15NO/c1-10(2)6-7(10)9(12)8-4-3-5-11-8/h3-5,7,9,11-12H,6H2,1-2H3. The predicted molar refractivity (Wildman–Crippen MR) is 47.6 cm³/mol. The first-order chi connectivity index (χ1) is 5.61. The summed E-state index contributed by atoms with van der Waals surface area (Å²) in [6.45, 7) is 4.40. The maximum Gasteiger partial charge on any atom is 0.0970 e. The summed E-state index contributed by atoms with van der Waals surface area (Å²) in [5, 5.41) is 9.85. The topological polar surface area (TPSA) is 36.0 Å². The fourth-order valence-electron chi connectivity index (χ4n) is 1.79. The van der Waals surface area contributed by atoms with Crippen LogP contribution in [0.15, 0.2) is 18.3 Å². The first kappa shape index (κ1) is 7.87. The fourth-order valence-corrected chi connectivity index (χ4v) is 1.79. The second-order valence-electron chi connectivity index (χ2n) is 4.37. The third kappa shape index (κ3) is 1.16. The highest BCUT2D eigenvalue weighted by Gasteiger charge is 2.50. The molecule has 66 valence electrons. The Bertz CT molecular complexity index is 263. The maximum atomic E-state index is 9.85. The van der Waals surface area contributed by atoms with Crippen LogP contribution in [0.25, 0.3) is 0 Å². The van der Waals surface area contributed by atoms with Gasteiger partial charge in [0.25, 0.3) is 0 Å². The lowest BCUT2D eigenvalue weighted by molar-refractivity contribution is 0.134. The minimum absolute atomic E-state index is 0.296. The molecule has 0 radical (unpaired) electrons. The largest absolute Gasteiger partial charge is 0.387 e. The van der Waals surface area contributed by atoms with Gasteiger partial charge in [-0.05, 0) is 29.9 Å². The molecule has 2 rings (SSSR count). The van der Waals surface area contributed by atoms with E-state index in [2.05, 4.69) is 18.8 Å². The first-order valence-electron chi connectivity index (χ1n) is 4.42. The van der Waals surface area contributed by atoms with Gasteiger partial charge in [0.2, 0.25) is 0 Å². The third-order valence-corrected chi connectivity index (χ3v) is 2.91. The number of hydrogen-bond acceptors (Lipinski definition) is 1. The van der Waals surface area contributed by atoms with Gasteiger partial charge in [-0.15, -0.1) is 0 Å². The van der Waals surface area contributed by atoms with Gasteiger partial charge in [0, 0.05) is 11.9 Å². The summed E-state index contributed by atoms with van der Waals surface area (Å²) in [6.07, 6.45) is 2.69. The quantitative estimate of drug-likeness (QED) is 0.691. The van der Waals surface area contributed by atoms with Gasteiger partial charge < -0.3 is 10.1 Å². The Labute approximate surface area is 72.6 Å². The Morgan fingerprint density at radius 1 is 1.67 bits per heavy atom. The lowest BCUT2D eigenvalue weighted by atomic mass is 10.0. The summed E-state index contributed by atoms with van der Waals surface area (Å²) < 4.78 is 0. The smallest absolute Gasteiger partial charge is 0.0970 e. The van der Waals surface area contributed by atoms with E-state index in [1.54, 1.807) is 0 Å². The van der Waals surface area contributed by atoms with Crippen LogP contribution in [-0.4, -0.2) is 10.1 Å². The van der Waals surface area contributed by atoms with Crippen LogP contribution in [0, 0.1) is 11.3 Å². The van der Waals surface area contributed by atoms with Crippen molar-refractivity contribution >= 4 is 0 Å². The lowest BCUT2D eigenvalue weighted by Gasteiger charge is -2.10. The number of aromatic amines is 1. The maximum absolute atomic E-state index is 9.85. The number of hydrogen-bond donors (Lipinski definition) is 2. The van der Waals surface area contributed by atoms with E-state index in [1.807, 2.05) is 18.3 Å². The molecule has 1 aliphatic rings. The fraction of sp³-hybridized carbons (Fsp3) is 0.600. The monoisotopic (exact) mass is 165 g/mol. The zero-order valence-corrected chi connectivity index (χ0v) is 7.54. The molecule has 0 aromatic carbocycles. The van der Waals surface area contributed by atoms with E-state index in [0.717, 1.165) is 12.1 Å². The molecule has 2 nitrogen and oxygen atoms in total. The van der Waals surface area contributed by atoms with E-state index in [4.69, 9.17) is 0 Å². The highest BCUT2D eigenvalue weighted by molar-refractivity contribution is 5.13. The predicted octanol–water partition coefficient (Wildman–Crippen LogP) is 2.09. The molecule has 0 amide bonds. The second kappa shape index (κ2) is 2.36. The second-order valence-corrected chi connectivity index (χ2v) is 4.37. The van der Waals surface area contributed by atoms with Crippen LogP contribution in [0.5, 0.6) is 0 Å². The number of rotatable bonds is 2. The van der Waals surface area contributed by atoms with Gasteiger partial charge in [0.1, 0.15) is 0 Å². The molecule has 0 aliphatic heterocycles. The first-order valence-corrected chi connectivity index (χ1v) is 4.42. The van der Waals surface area contributed by atoms with Gasteiger partial charge in [-0.1, -0.05) is 13.8 Å². The van der Waals surface area contributed by atoms with Crippen LogP contribution in [0.4, 0.5) is 0 Å². The molecule has 1 fully saturated rings. The molecule has 2 heteroatoms. The lowest BCUT2D eigenvalue weighted by Crippen LogP contribution is -2.04. The van der Waals surface area contributed by atoms with Crippen molar-refractivity contribution in [3.63, 3.8) is 0 Å². The van der Waals surface area contributed by atoms with Gasteiger partial charge in [-0.3, -0.25) is 0 Å². The molecular weight excluding hydrogens is 150 g/mol. The van der Waals surface area contributed by atoms with Crippen molar-refractivity contribution in [3.05, 3.63) is 24.0 Å². The van der Waals surface area contributed by atoms with Crippen LogP contribution in [0.2, 0.25) is 0 Å². The van der Waals surface area contributed by atoms with Crippen LogP contribution < -0.4 is 0 Å². The highest BCUT2D eigenvalue weighted by atomic mass is 16.3. The minimum atomic E-state index is -0.296. The molecule has 1 saturated carbocycles. The Balaban J connectivity index is 2.08. The SMILES string of the molecule is CC1(C)CC1C(O)c1ccc[nH]1. The zero-order valence-electron chi connectivity index (χ0n) is 7.54. The van der Waals surface area contributed by atoms with Crippen molar-refractivity contribution in [2.24, 2.45) is 11.3 Å². The van der Waals surface area contributed by atoms with E-state index < -0.39 is 0 Å². The molecule has 2 N–H and O–H groups in total. The van der Waals surface area contributed by atoms with E-state index >= 15 is 0 Å². The number of aromatic nitrogens is 1. The van der Waals surface area contributed by atoms with Gasteiger partial charge in [0.05, 0.1) is 6.10 Å². The van der Waals surface area contributed by atoms with Crippen molar-refractivity contribution < 1.29 is 5.11 Å². The molecule has 12 heavy (non-hydrogen) atoms. The molecule has 1 heterocycles. The Hall–Kier alpha value is -0.760. The molecule has 0 bridgehead atoms. The van der Waals surface area contributed by atoms with Crippen molar-refractivity contribution in [2.45, 2.75) is 26.4 Å². The molecule has 1 aromatic heterocycles. The van der Waals surface area contributed by atoms with Crippen molar-refractivity contribution in [1.82, 2.24) is 4.98 Å². The van der Waals surface area contributed by atoms with E-state index in [0.29, 0.717) is 11.3 Å². The number of nitrogens with one attached hydrogen (secondary N) is 1. The summed E-state index contributed by atoms with van der Waals surface area (Å²) in [6, 6.07) is 3.87. The number of aliphatic hydroxyl groups is 1. The number of aliphatic hydroxyl groups excluding tert-OH is 1. The summed E-state index contributed by atoms with van der Waals surface area (Å²) in [5.74, 6) is 0.441. The van der Waals surface area contributed by atoms with Crippen molar-refractivity contribution in [1.29, 1.82) is 0 Å². The molecule has 2 atom stereocenters. The van der Waals surface area contributed by atoms with Gasteiger partial charge in [0.15, 0.2) is 0 Å². The molecule has 0 saturated heterocycles. The highest BCUT2D eigenvalue weighted by Crippen LogP contribution is 2.57. The average Bonchev–Trinajstić information content (AvgIpc) is 2.56. The van der Waals surface area contributed by atoms with Crippen LogP contribution in [0.3, 0.4) is 0 Å². The van der Waals surface area contributed by atoms with Gasteiger partial charge >= 0.3 is 0 Å². The molecule has 1 aliphatic carbocycles. The van der Waals surface area contributed by atoms with Crippen molar-refractivity contribution in [3.8, 4) is 0 Å². The van der Waals surface area contributed by atoms with Gasteiger partial charge in [-0.2, -0.15) is 0 Å².